The Bertz CT molecular complexity index is 187. The molecule has 0 radical (unpaired) electrons. The van der Waals surface area contributed by atoms with Gasteiger partial charge < -0.3 is 21.7 Å². The molecule has 8 heteroatoms. The van der Waals surface area contributed by atoms with Gasteiger partial charge in [0.05, 0.1) is 13.2 Å². The first-order valence-electron chi connectivity index (χ1n) is 4.71. The summed E-state index contributed by atoms with van der Waals surface area (Å²) < 4.78 is 0. The molecule has 0 bridgehead atoms. The largest absolute Gasteiger partial charge is 0.394 e. The standard InChI is InChI=1S/C6H15N5.C2H6O2.ClH/c1-2-3-4-10-6(9)11-5(7)8;3-1-2-4;/h2-4H2,1H3,(H6,7,8,9,10,11);3-4H,1-2H2;1H. The first kappa shape index (κ1) is 20.4. The van der Waals surface area contributed by atoms with Gasteiger partial charge in [0.2, 0.25) is 0 Å². The van der Waals surface area contributed by atoms with E-state index in [-0.39, 0.29) is 37.5 Å². The molecule has 0 fully saturated rings. The number of rotatable bonds is 4. The molecule has 98 valence electrons. The summed E-state index contributed by atoms with van der Waals surface area (Å²) in [6.07, 6.45) is 2.08. The van der Waals surface area contributed by atoms with Crippen LogP contribution in [0.15, 0.2) is 4.99 Å². The van der Waals surface area contributed by atoms with Crippen LogP contribution in [0.5, 0.6) is 0 Å². The molecule has 0 heterocycles. The lowest BCUT2D eigenvalue weighted by Gasteiger charge is -2.00. The van der Waals surface area contributed by atoms with Crippen molar-refractivity contribution in [3.8, 4) is 0 Å². The summed E-state index contributed by atoms with van der Waals surface area (Å²) in [6.45, 7) is 2.51. The maximum absolute atomic E-state index is 7.62. The fourth-order valence-electron chi connectivity index (χ4n) is 0.535. The zero-order valence-electron chi connectivity index (χ0n) is 9.44. The van der Waals surface area contributed by atoms with Gasteiger partial charge in [-0.25, -0.2) is 0 Å². The van der Waals surface area contributed by atoms with Crippen LogP contribution in [-0.4, -0.2) is 41.9 Å². The predicted octanol–water partition coefficient (Wildman–Crippen LogP) is -1.02. The quantitative estimate of drug-likeness (QED) is 0.217. The molecular formula is C8H22ClN5O2. The van der Waals surface area contributed by atoms with Gasteiger partial charge in [-0.3, -0.25) is 15.7 Å². The number of aliphatic hydroxyl groups excluding tert-OH is 2. The predicted molar refractivity (Wildman–Crippen MR) is 67.9 cm³/mol. The van der Waals surface area contributed by atoms with E-state index in [9.17, 15) is 0 Å². The van der Waals surface area contributed by atoms with Crippen LogP contribution in [0.2, 0.25) is 0 Å². The fraction of sp³-hybridized carbons (Fsp3) is 0.750. The smallest absolute Gasteiger partial charge is 0.195 e. The van der Waals surface area contributed by atoms with Crippen LogP contribution in [-0.2, 0) is 0 Å². The number of aliphatic imine (C=N–C) groups is 1. The van der Waals surface area contributed by atoms with Gasteiger partial charge in [-0.1, -0.05) is 13.3 Å². The Balaban J connectivity index is -0.000000292. The van der Waals surface area contributed by atoms with Crippen LogP contribution in [0.4, 0.5) is 0 Å². The molecule has 16 heavy (non-hydrogen) atoms. The second-order valence-corrected chi connectivity index (χ2v) is 2.61. The molecule has 0 aliphatic carbocycles. The van der Waals surface area contributed by atoms with Crippen molar-refractivity contribution in [3.63, 3.8) is 0 Å². The molecule has 0 aromatic rings. The summed E-state index contributed by atoms with van der Waals surface area (Å²) >= 11 is 0. The number of unbranched alkanes of at least 4 members (excludes halogenated alkanes) is 1. The number of hydrogen-bond donors (Lipinski definition) is 6. The lowest BCUT2D eigenvalue weighted by Crippen LogP contribution is -2.40. The van der Waals surface area contributed by atoms with E-state index in [0.717, 1.165) is 12.8 Å². The van der Waals surface area contributed by atoms with Crippen LogP contribution in [0, 0.1) is 5.41 Å². The highest BCUT2D eigenvalue weighted by molar-refractivity contribution is 5.95. The molecule has 0 aliphatic rings. The van der Waals surface area contributed by atoms with Gasteiger partial charge in [0.25, 0.3) is 0 Å². The van der Waals surface area contributed by atoms with Gasteiger partial charge >= 0.3 is 0 Å². The Labute approximate surface area is 102 Å². The molecule has 0 rings (SSSR count). The third-order valence-electron chi connectivity index (χ3n) is 1.16. The summed E-state index contributed by atoms with van der Waals surface area (Å²) in [5.74, 6) is 0.0358. The SMILES string of the molecule is CCCCN=C(N)NC(=N)N.Cl.OCCO. The maximum Gasteiger partial charge on any atom is 0.195 e. The van der Waals surface area contributed by atoms with E-state index in [2.05, 4.69) is 17.2 Å². The topological polar surface area (TPSA) is 141 Å². The highest BCUT2D eigenvalue weighted by Crippen LogP contribution is 1.85. The van der Waals surface area contributed by atoms with E-state index in [4.69, 9.17) is 27.1 Å². The van der Waals surface area contributed by atoms with Gasteiger partial charge in [-0.05, 0) is 6.42 Å². The van der Waals surface area contributed by atoms with Crippen LogP contribution < -0.4 is 16.8 Å². The molecule has 0 amide bonds. The van der Waals surface area contributed by atoms with Gasteiger partial charge in [-0.15, -0.1) is 12.4 Å². The second kappa shape index (κ2) is 16.4. The molecule has 0 saturated heterocycles. The van der Waals surface area contributed by atoms with Gasteiger partial charge in [0.15, 0.2) is 11.9 Å². The number of hydrogen-bond acceptors (Lipinski definition) is 4. The number of aliphatic hydroxyl groups is 2. The monoisotopic (exact) mass is 255 g/mol. The van der Waals surface area contributed by atoms with Crippen molar-refractivity contribution >= 4 is 24.3 Å². The van der Waals surface area contributed by atoms with Gasteiger partial charge in [0.1, 0.15) is 0 Å². The molecule has 0 aliphatic heterocycles. The highest BCUT2D eigenvalue weighted by Gasteiger charge is 1.90. The number of halogens is 1. The van der Waals surface area contributed by atoms with Crippen molar-refractivity contribution in [2.24, 2.45) is 16.5 Å². The van der Waals surface area contributed by atoms with Crippen LogP contribution in [0.1, 0.15) is 19.8 Å². The average Bonchev–Trinajstić information content (AvgIpc) is 2.17. The first-order chi connectivity index (χ1) is 7.08. The molecule has 0 saturated carbocycles. The highest BCUT2D eigenvalue weighted by atomic mass is 35.5. The lowest BCUT2D eigenvalue weighted by molar-refractivity contribution is 0.186. The third kappa shape index (κ3) is 23.1. The Morgan fingerprint density at radius 1 is 1.31 bits per heavy atom. The summed E-state index contributed by atoms with van der Waals surface area (Å²) in [5, 5.41) is 24.5. The normalized spacial score (nSPS) is 9.56. The van der Waals surface area contributed by atoms with Crippen molar-refractivity contribution in [1.82, 2.24) is 5.32 Å². The molecule has 0 unspecified atom stereocenters. The zero-order valence-corrected chi connectivity index (χ0v) is 10.3. The Hall–Kier alpha value is -1.05. The number of nitrogens with two attached hydrogens (primary N) is 2. The molecule has 0 atom stereocenters. The molecule has 7 nitrogen and oxygen atoms in total. The van der Waals surface area contributed by atoms with Crippen LogP contribution >= 0.6 is 12.4 Å². The van der Waals surface area contributed by atoms with Crippen LogP contribution in [0.3, 0.4) is 0 Å². The Kier molecular flexibility index (Phi) is 20.9. The van der Waals surface area contributed by atoms with Crippen LogP contribution in [0.25, 0.3) is 0 Å². The minimum Gasteiger partial charge on any atom is -0.394 e. The van der Waals surface area contributed by atoms with Crippen molar-refractivity contribution in [2.45, 2.75) is 19.8 Å². The van der Waals surface area contributed by atoms with E-state index in [1.165, 1.54) is 0 Å². The molecule has 8 N–H and O–H groups in total. The van der Waals surface area contributed by atoms with Crippen molar-refractivity contribution in [1.29, 1.82) is 5.41 Å². The van der Waals surface area contributed by atoms with Crippen molar-refractivity contribution in [3.05, 3.63) is 0 Å². The summed E-state index contributed by atoms with van der Waals surface area (Å²) in [6, 6.07) is 0. The first-order valence-corrected chi connectivity index (χ1v) is 4.71. The van der Waals surface area contributed by atoms with E-state index in [1.807, 2.05) is 0 Å². The Morgan fingerprint density at radius 3 is 2.12 bits per heavy atom. The minimum absolute atomic E-state index is 0. The molecule has 0 spiro atoms. The molecule has 0 aromatic heterocycles. The fourth-order valence-corrected chi connectivity index (χ4v) is 0.535. The third-order valence-corrected chi connectivity index (χ3v) is 1.16. The van der Waals surface area contributed by atoms with E-state index >= 15 is 0 Å². The average molecular weight is 256 g/mol. The van der Waals surface area contributed by atoms with Gasteiger partial charge in [-0.2, -0.15) is 0 Å². The summed E-state index contributed by atoms with van der Waals surface area (Å²) in [5.41, 5.74) is 10.3. The summed E-state index contributed by atoms with van der Waals surface area (Å²) in [7, 11) is 0. The number of guanidine groups is 2. The summed E-state index contributed by atoms with van der Waals surface area (Å²) in [4.78, 5) is 3.92. The van der Waals surface area contributed by atoms with Gasteiger partial charge in [0, 0.05) is 6.54 Å². The van der Waals surface area contributed by atoms with E-state index < -0.39 is 0 Å². The van der Waals surface area contributed by atoms with Crippen molar-refractivity contribution in [2.75, 3.05) is 19.8 Å². The van der Waals surface area contributed by atoms with Crippen molar-refractivity contribution < 1.29 is 10.2 Å². The number of nitrogens with zero attached hydrogens (tertiary/aromatic N) is 1. The maximum atomic E-state index is 7.62. The Morgan fingerprint density at radius 2 is 1.81 bits per heavy atom. The zero-order chi connectivity index (χ0) is 12.1. The lowest BCUT2D eigenvalue weighted by atomic mass is 10.3. The molecule has 0 aromatic carbocycles. The second-order valence-electron chi connectivity index (χ2n) is 2.61. The van der Waals surface area contributed by atoms with E-state index in [0.29, 0.717) is 6.54 Å². The minimum atomic E-state index is -0.178. The molecular weight excluding hydrogens is 234 g/mol. The number of nitrogens with one attached hydrogen (secondary N) is 2. The van der Waals surface area contributed by atoms with E-state index in [1.54, 1.807) is 0 Å².